The summed E-state index contributed by atoms with van der Waals surface area (Å²) >= 11 is 0. The Bertz CT molecular complexity index is 469. The van der Waals surface area contributed by atoms with Crippen molar-refractivity contribution in [3.8, 4) is 0 Å². The number of ether oxygens (including phenoxy) is 1. The molecule has 0 aliphatic rings. The van der Waals surface area contributed by atoms with Crippen LogP contribution in [0.5, 0.6) is 0 Å². The van der Waals surface area contributed by atoms with Gasteiger partial charge in [-0.1, -0.05) is 51.0 Å². The van der Waals surface area contributed by atoms with Crippen molar-refractivity contribution < 1.29 is 24.1 Å². The molecule has 0 aromatic heterocycles. The summed E-state index contributed by atoms with van der Waals surface area (Å²) in [6.45, 7) is 5.43. The van der Waals surface area contributed by atoms with Crippen LogP contribution in [0.1, 0.15) is 49.4 Å². The number of rotatable bonds is 10. The highest BCUT2D eigenvalue weighted by atomic mass is 17.2. The maximum atomic E-state index is 11.8. The molecule has 1 aromatic carbocycles. The number of esters is 1. The van der Waals surface area contributed by atoms with Crippen molar-refractivity contribution in [2.24, 2.45) is 0 Å². The van der Waals surface area contributed by atoms with Gasteiger partial charge >= 0.3 is 11.9 Å². The highest BCUT2D eigenvalue weighted by Gasteiger charge is 2.17. The smallest absolute Gasteiger partial charge is 0.373 e. The Balaban J connectivity index is 2.46. The van der Waals surface area contributed by atoms with Crippen LogP contribution >= 0.6 is 0 Å². The highest BCUT2D eigenvalue weighted by molar-refractivity contribution is 5.88. The second kappa shape index (κ2) is 10.6. The van der Waals surface area contributed by atoms with Crippen molar-refractivity contribution in [2.75, 3.05) is 0 Å². The molecule has 1 aromatic rings. The van der Waals surface area contributed by atoms with Crippen molar-refractivity contribution in [1.29, 1.82) is 0 Å². The zero-order chi connectivity index (χ0) is 16.2. The fraction of sp³-hybridized carbons (Fsp3) is 0.412. The lowest BCUT2D eigenvalue weighted by molar-refractivity contribution is -0.331. The Morgan fingerprint density at radius 1 is 1.18 bits per heavy atom. The third kappa shape index (κ3) is 7.04. The lowest BCUT2D eigenvalue weighted by atomic mass is 10.1. The molecular weight excluding hydrogens is 284 g/mol. The Morgan fingerprint density at radius 2 is 1.91 bits per heavy atom. The zero-order valence-corrected chi connectivity index (χ0v) is 12.8. The van der Waals surface area contributed by atoms with Crippen molar-refractivity contribution >= 4 is 11.9 Å². The minimum Gasteiger partial charge on any atom is -0.429 e. The van der Waals surface area contributed by atoms with Gasteiger partial charge in [-0.2, -0.15) is 0 Å². The second-order valence-corrected chi connectivity index (χ2v) is 4.75. The van der Waals surface area contributed by atoms with E-state index in [2.05, 4.69) is 13.5 Å². The van der Waals surface area contributed by atoms with Gasteiger partial charge in [0.1, 0.15) is 0 Å². The van der Waals surface area contributed by atoms with Crippen LogP contribution in [0.4, 0.5) is 0 Å². The van der Waals surface area contributed by atoms with Crippen LogP contribution in [-0.2, 0) is 19.3 Å². The summed E-state index contributed by atoms with van der Waals surface area (Å²) in [7, 11) is 0. The van der Waals surface area contributed by atoms with E-state index in [0.717, 1.165) is 31.8 Å². The maximum Gasteiger partial charge on any atom is 0.373 e. The monoisotopic (exact) mass is 306 g/mol. The molecule has 0 radical (unpaired) electrons. The molecule has 0 saturated carbocycles. The molecule has 22 heavy (non-hydrogen) atoms. The summed E-state index contributed by atoms with van der Waals surface area (Å²) in [6.07, 6.45) is 4.58. The topological polar surface area (TPSA) is 61.8 Å². The van der Waals surface area contributed by atoms with Crippen LogP contribution < -0.4 is 0 Å². The molecule has 0 heterocycles. The van der Waals surface area contributed by atoms with E-state index < -0.39 is 18.2 Å². The van der Waals surface area contributed by atoms with Crippen molar-refractivity contribution in [1.82, 2.24) is 0 Å². The van der Waals surface area contributed by atoms with E-state index >= 15 is 0 Å². The number of carbonyl (C=O) groups is 2. The first-order valence-electron chi connectivity index (χ1n) is 7.43. The molecule has 5 nitrogen and oxygen atoms in total. The average Bonchev–Trinajstić information content (AvgIpc) is 2.56. The van der Waals surface area contributed by atoms with Crippen LogP contribution in [0.15, 0.2) is 43.0 Å². The van der Waals surface area contributed by atoms with Gasteiger partial charge < -0.3 is 4.74 Å². The Kier molecular flexibility index (Phi) is 8.60. The molecule has 0 spiro atoms. The molecule has 5 heteroatoms. The molecule has 1 rings (SSSR count). The SMILES string of the molecule is C=CC(=O)OC(CCCCCC)OOC(=O)c1ccccc1. The molecule has 0 aliphatic carbocycles. The summed E-state index contributed by atoms with van der Waals surface area (Å²) in [5, 5.41) is 0. The molecule has 0 fully saturated rings. The Hall–Kier alpha value is -2.14. The summed E-state index contributed by atoms with van der Waals surface area (Å²) in [4.78, 5) is 32.8. The first kappa shape index (κ1) is 17.9. The van der Waals surface area contributed by atoms with Gasteiger partial charge in [-0.3, -0.25) is 4.89 Å². The number of unbranched alkanes of at least 4 members (excludes halogenated alkanes) is 3. The maximum absolute atomic E-state index is 11.8. The molecule has 0 N–H and O–H groups in total. The summed E-state index contributed by atoms with van der Waals surface area (Å²) < 4.78 is 5.01. The van der Waals surface area contributed by atoms with E-state index in [0.29, 0.717) is 12.0 Å². The average molecular weight is 306 g/mol. The second-order valence-electron chi connectivity index (χ2n) is 4.75. The lowest BCUT2D eigenvalue weighted by Gasteiger charge is -2.15. The standard InChI is InChI=1S/C17H22O5/c1-3-5-6-10-13-16(20-15(18)4-2)21-22-17(19)14-11-8-7-9-12-14/h4,7-9,11-12,16H,2-3,5-6,10,13H2,1H3. The molecule has 0 aliphatic heterocycles. The minimum absolute atomic E-state index is 0.363. The molecular formula is C17H22O5. The molecule has 1 atom stereocenters. The molecule has 0 saturated heterocycles. The fourth-order valence-corrected chi connectivity index (χ4v) is 1.76. The molecule has 0 bridgehead atoms. The lowest BCUT2D eigenvalue weighted by Crippen LogP contribution is -2.22. The van der Waals surface area contributed by atoms with Crippen LogP contribution in [0.25, 0.3) is 0 Å². The predicted molar refractivity (Wildman–Crippen MR) is 81.8 cm³/mol. The fourth-order valence-electron chi connectivity index (χ4n) is 1.76. The number of carbonyl (C=O) groups excluding carboxylic acids is 2. The normalized spacial score (nSPS) is 11.5. The van der Waals surface area contributed by atoms with E-state index in [-0.39, 0.29) is 0 Å². The van der Waals surface area contributed by atoms with Crippen molar-refractivity contribution in [2.45, 2.75) is 45.3 Å². The van der Waals surface area contributed by atoms with Crippen LogP contribution in [0.2, 0.25) is 0 Å². The van der Waals surface area contributed by atoms with Gasteiger partial charge in [-0.05, 0) is 18.6 Å². The first-order valence-corrected chi connectivity index (χ1v) is 7.43. The van der Waals surface area contributed by atoms with Gasteiger partial charge in [0.15, 0.2) is 0 Å². The van der Waals surface area contributed by atoms with Gasteiger partial charge in [0.25, 0.3) is 0 Å². The Morgan fingerprint density at radius 3 is 2.55 bits per heavy atom. The Labute approximate surface area is 130 Å². The van der Waals surface area contributed by atoms with Gasteiger partial charge in [-0.15, -0.1) is 4.89 Å². The van der Waals surface area contributed by atoms with Gasteiger partial charge in [0, 0.05) is 12.5 Å². The summed E-state index contributed by atoms with van der Waals surface area (Å²) in [5.74, 6) is -1.25. The summed E-state index contributed by atoms with van der Waals surface area (Å²) in [6, 6.07) is 8.45. The number of hydrogen-bond acceptors (Lipinski definition) is 5. The van der Waals surface area contributed by atoms with Crippen LogP contribution in [0.3, 0.4) is 0 Å². The zero-order valence-electron chi connectivity index (χ0n) is 12.8. The minimum atomic E-state index is -0.921. The summed E-state index contributed by atoms with van der Waals surface area (Å²) in [5.41, 5.74) is 0.363. The van der Waals surface area contributed by atoms with Crippen LogP contribution in [-0.4, -0.2) is 18.2 Å². The van der Waals surface area contributed by atoms with E-state index in [4.69, 9.17) is 14.5 Å². The molecule has 0 amide bonds. The van der Waals surface area contributed by atoms with E-state index in [9.17, 15) is 9.59 Å². The highest BCUT2D eigenvalue weighted by Crippen LogP contribution is 2.12. The van der Waals surface area contributed by atoms with Gasteiger partial charge in [-0.25, -0.2) is 9.59 Å². The number of benzene rings is 1. The third-order valence-corrected chi connectivity index (χ3v) is 2.95. The first-order chi connectivity index (χ1) is 10.7. The van der Waals surface area contributed by atoms with Gasteiger partial charge in [0.2, 0.25) is 6.29 Å². The quantitative estimate of drug-likeness (QED) is 0.164. The van der Waals surface area contributed by atoms with Crippen molar-refractivity contribution in [3.63, 3.8) is 0 Å². The largest absolute Gasteiger partial charge is 0.429 e. The van der Waals surface area contributed by atoms with Gasteiger partial charge in [0.05, 0.1) is 5.56 Å². The predicted octanol–water partition coefficient (Wildman–Crippen LogP) is 3.80. The van der Waals surface area contributed by atoms with Crippen LogP contribution in [0, 0.1) is 0 Å². The number of hydrogen-bond donors (Lipinski definition) is 0. The molecule has 120 valence electrons. The van der Waals surface area contributed by atoms with E-state index in [1.54, 1.807) is 30.3 Å². The third-order valence-electron chi connectivity index (χ3n) is 2.95. The van der Waals surface area contributed by atoms with E-state index in [1.165, 1.54) is 0 Å². The molecule has 1 unspecified atom stereocenters. The van der Waals surface area contributed by atoms with E-state index in [1.807, 2.05) is 0 Å². The van der Waals surface area contributed by atoms with Crippen molar-refractivity contribution in [3.05, 3.63) is 48.6 Å².